The van der Waals surface area contributed by atoms with Gasteiger partial charge in [-0.2, -0.15) is 0 Å². The normalized spacial score (nSPS) is 26.7. The number of carboxylic acids is 1. The first-order valence-electron chi connectivity index (χ1n) is 10.1. The fourth-order valence-electron chi connectivity index (χ4n) is 4.07. The minimum atomic E-state index is -0.761. The molecule has 8 nitrogen and oxygen atoms in total. The molecule has 2 aliphatic heterocycles. The van der Waals surface area contributed by atoms with Gasteiger partial charge in [0.2, 0.25) is 0 Å². The van der Waals surface area contributed by atoms with Gasteiger partial charge in [0.15, 0.2) is 11.7 Å². The highest BCUT2D eigenvalue weighted by molar-refractivity contribution is 6.18. The van der Waals surface area contributed by atoms with Gasteiger partial charge in [-0.25, -0.2) is 9.78 Å². The molecule has 4 rings (SSSR count). The van der Waals surface area contributed by atoms with Crippen LogP contribution in [0.2, 0.25) is 0 Å². The van der Waals surface area contributed by atoms with Crippen molar-refractivity contribution < 1.29 is 14.7 Å². The van der Waals surface area contributed by atoms with Crippen LogP contribution in [-0.4, -0.2) is 56.9 Å². The second-order valence-corrected chi connectivity index (χ2v) is 8.14. The minimum Gasteiger partial charge on any atom is -0.481 e. The molecule has 0 aromatic carbocycles. The monoisotopic (exact) mass is 385 g/mol. The Morgan fingerprint density at radius 2 is 2.21 bits per heavy atom. The van der Waals surface area contributed by atoms with Crippen LogP contribution in [0, 0.1) is 5.41 Å². The Kier molecular flexibility index (Phi) is 4.51. The van der Waals surface area contributed by atoms with Gasteiger partial charge in [0.25, 0.3) is 0 Å². The van der Waals surface area contributed by atoms with E-state index in [1.807, 2.05) is 13.0 Å². The molecule has 1 aromatic heterocycles. The summed E-state index contributed by atoms with van der Waals surface area (Å²) in [5.74, 6) is 1.28. The summed E-state index contributed by atoms with van der Waals surface area (Å²) in [6.45, 7) is 7.12. The highest BCUT2D eigenvalue weighted by Crippen LogP contribution is 2.40. The van der Waals surface area contributed by atoms with Crippen LogP contribution in [0.5, 0.6) is 0 Å². The van der Waals surface area contributed by atoms with Crippen LogP contribution in [0.15, 0.2) is 11.1 Å². The maximum absolute atomic E-state index is 13.0. The van der Waals surface area contributed by atoms with E-state index < -0.39 is 11.4 Å². The highest BCUT2D eigenvalue weighted by atomic mass is 16.4. The predicted octanol–water partition coefficient (Wildman–Crippen LogP) is 3.26. The van der Waals surface area contributed by atoms with E-state index in [2.05, 4.69) is 11.9 Å². The molecule has 3 aliphatic rings. The number of allylic oxidation sites excluding steroid dienone is 2. The lowest BCUT2D eigenvalue weighted by Crippen LogP contribution is -2.50. The average Bonchev–Trinajstić information content (AvgIpc) is 3.30. The number of aliphatic imine (C=N–C) groups is 1. The summed E-state index contributed by atoms with van der Waals surface area (Å²) in [4.78, 5) is 40.9. The third kappa shape index (κ3) is 2.82. The number of rotatable bonds is 5. The zero-order chi connectivity index (χ0) is 20.1. The molecule has 1 aliphatic carbocycles. The number of amides is 2. The molecule has 1 unspecified atom stereocenters. The molecule has 2 N–H and O–H groups in total. The lowest BCUT2D eigenvalue weighted by Gasteiger charge is -2.32. The maximum atomic E-state index is 13.0. The summed E-state index contributed by atoms with van der Waals surface area (Å²) < 4.78 is 0. The van der Waals surface area contributed by atoms with E-state index in [4.69, 9.17) is 9.98 Å². The number of amidine groups is 1. The Bertz CT molecular complexity index is 886. The zero-order valence-corrected chi connectivity index (χ0v) is 16.7. The Morgan fingerprint density at radius 1 is 1.43 bits per heavy atom. The third-order valence-electron chi connectivity index (χ3n) is 6.06. The van der Waals surface area contributed by atoms with Crippen LogP contribution in [-0.2, 0) is 4.79 Å². The number of aliphatic carboxylic acids is 1. The van der Waals surface area contributed by atoms with Gasteiger partial charge >= 0.3 is 12.0 Å². The molecule has 8 heteroatoms. The van der Waals surface area contributed by atoms with Crippen molar-refractivity contribution in [2.45, 2.75) is 58.9 Å². The SMILES string of the molecule is CCCN1C(=O)N2C[C@H](CC)N=C2c2[nH]c(C3=CCC(C)(C(=O)O)CC3)nc21. The van der Waals surface area contributed by atoms with Crippen LogP contribution in [0.25, 0.3) is 5.57 Å². The average molecular weight is 385 g/mol. The Morgan fingerprint density at radius 3 is 2.82 bits per heavy atom. The van der Waals surface area contributed by atoms with E-state index in [9.17, 15) is 14.7 Å². The van der Waals surface area contributed by atoms with Crippen LogP contribution < -0.4 is 4.90 Å². The number of aromatic amines is 1. The van der Waals surface area contributed by atoms with Crippen molar-refractivity contribution in [1.29, 1.82) is 0 Å². The van der Waals surface area contributed by atoms with Crippen molar-refractivity contribution in [3.63, 3.8) is 0 Å². The molecule has 0 fully saturated rings. The first-order valence-corrected chi connectivity index (χ1v) is 10.1. The number of carboxylic acid groups (broad SMARTS) is 1. The zero-order valence-electron chi connectivity index (χ0n) is 16.7. The third-order valence-corrected chi connectivity index (χ3v) is 6.06. The molecule has 0 saturated heterocycles. The quantitative estimate of drug-likeness (QED) is 0.812. The Balaban J connectivity index is 1.72. The molecule has 28 heavy (non-hydrogen) atoms. The van der Waals surface area contributed by atoms with Crippen LogP contribution in [0.3, 0.4) is 0 Å². The lowest BCUT2D eigenvalue weighted by atomic mass is 9.76. The molecule has 150 valence electrons. The Hall–Kier alpha value is -2.64. The first-order chi connectivity index (χ1) is 13.4. The van der Waals surface area contributed by atoms with Gasteiger partial charge in [-0.15, -0.1) is 0 Å². The number of aromatic nitrogens is 2. The molecule has 2 amide bonds. The number of anilines is 1. The molecule has 3 heterocycles. The smallest absolute Gasteiger partial charge is 0.331 e. The second kappa shape index (κ2) is 6.76. The summed E-state index contributed by atoms with van der Waals surface area (Å²) in [6, 6.07) is 0.0588. The van der Waals surface area contributed by atoms with Gasteiger partial charge in [-0.1, -0.05) is 19.9 Å². The number of imidazole rings is 1. The van der Waals surface area contributed by atoms with E-state index in [1.54, 1.807) is 16.7 Å². The largest absolute Gasteiger partial charge is 0.481 e. The molecule has 0 bridgehead atoms. The van der Waals surface area contributed by atoms with E-state index in [0.717, 1.165) is 29.9 Å². The summed E-state index contributed by atoms with van der Waals surface area (Å²) in [6.07, 6.45) is 5.39. The van der Waals surface area contributed by atoms with Gasteiger partial charge in [0.05, 0.1) is 18.0 Å². The number of hydrogen-bond acceptors (Lipinski definition) is 4. The van der Waals surface area contributed by atoms with Gasteiger partial charge < -0.3 is 10.1 Å². The topological polar surface area (TPSA) is 102 Å². The number of fused-ring (bicyclic) bond motifs is 3. The van der Waals surface area contributed by atoms with E-state index in [-0.39, 0.29) is 12.1 Å². The van der Waals surface area contributed by atoms with Gasteiger partial charge in [0.1, 0.15) is 11.5 Å². The van der Waals surface area contributed by atoms with Crippen molar-refractivity contribution in [1.82, 2.24) is 14.9 Å². The number of H-pyrrole nitrogens is 1. The summed E-state index contributed by atoms with van der Waals surface area (Å²) in [7, 11) is 0. The molecule has 2 atom stereocenters. The molecular weight excluding hydrogens is 358 g/mol. The molecule has 0 saturated carbocycles. The fraction of sp³-hybridized carbons (Fsp3) is 0.600. The molecule has 0 spiro atoms. The Labute approximate surface area is 164 Å². The fourth-order valence-corrected chi connectivity index (χ4v) is 4.07. The summed E-state index contributed by atoms with van der Waals surface area (Å²) in [5.41, 5.74) is 1.08. The standard InChI is InChI=1S/C20H27N5O3/c1-4-10-24-17-14(16-21-13(5-2)11-25(16)19(24)28)22-15(23-17)12-6-8-20(3,9-7-12)18(26)27/h6,13H,4-5,7-11H2,1-3H3,(H,22,23)(H,26,27)/t13-,20?/m0/s1. The summed E-state index contributed by atoms with van der Waals surface area (Å²) in [5, 5.41) is 9.44. The van der Waals surface area contributed by atoms with Gasteiger partial charge in [-0.05, 0) is 44.6 Å². The number of nitrogens with one attached hydrogen (secondary N) is 1. The van der Waals surface area contributed by atoms with Crippen molar-refractivity contribution in [3.8, 4) is 0 Å². The number of urea groups is 1. The predicted molar refractivity (Wildman–Crippen MR) is 107 cm³/mol. The lowest BCUT2D eigenvalue weighted by molar-refractivity contribution is -0.148. The number of carbonyl (C=O) groups excluding carboxylic acids is 1. The maximum Gasteiger partial charge on any atom is 0.331 e. The van der Waals surface area contributed by atoms with E-state index in [1.165, 1.54) is 0 Å². The number of carbonyl (C=O) groups is 2. The summed E-state index contributed by atoms with van der Waals surface area (Å²) >= 11 is 0. The minimum absolute atomic E-state index is 0.0572. The highest BCUT2D eigenvalue weighted by Gasteiger charge is 2.42. The number of nitrogens with zero attached hydrogens (tertiary/aromatic N) is 4. The second-order valence-electron chi connectivity index (χ2n) is 8.14. The van der Waals surface area contributed by atoms with E-state index >= 15 is 0 Å². The van der Waals surface area contributed by atoms with Crippen molar-refractivity contribution >= 4 is 29.2 Å². The van der Waals surface area contributed by atoms with Crippen LogP contribution in [0.1, 0.15) is 64.4 Å². The van der Waals surface area contributed by atoms with Crippen molar-refractivity contribution in [2.24, 2.45) is 10.4 Å². The molecule has 1 aromatic rings. The first kappa shape index (κ1) is 18.7. The molecular formula is C20H27N5O3. The number of hydrogen-bond donors (Lipinski definition) is 2. The van der Waals surface area contributed by atoms with Crippen LogP contribution in [0.4, 0.5) is 10.6 Å². The van der Waals surface area contributed by atoms with Crippen molar-refractivity contribution in [3.05, 3.63) is 17.6 Å². The van der Waals surface area contributed by atoms with Crippen LogP contribution >= 0.6 is 0 Å². The van der Waals surface area contributed by atoms with Gasteiger partial charge in [0, 0.05) is 6.54 Å². The van der Waals surface area contributed by atoms with Crippen molar-refractivity contribution in [2.75, 3.05) is 18.0 Å². The van der Waals surface area contributed by atoms with E-state index in [0.29, 0.717) is 44.0 Å². The molecule has 0 radical (unpaired) electrons. The van der Waals surface area contributed by atoms with Gasteiger partial charge in [-0.3, -0.25) is 19.6 Å².